The third-order valence-electron chi connectivity index (χ3n) is 3.65. The number of nitrogens with zero attached hydrogens (tertiary/aromatic N) is 3. The second-order valence-corrected chi connectivity index (χ2v) is 4.90. The minimum Gasteiger partial charge on any atom is -0.478 e. The number of fused-ring (bicyclic) bond motifs is 1. The smallest absolute Gasteiger partial charge is 0.336 e. The summed E-state index contributed by atoms with van der Waals surface area (Å²) in [6.07, 6.45) is 3.92. The van der Waals surface area contributed by atoms with Gasteiger partial charge in [0, 0.05) is 24.2 Å². The molecule has 19 heavy (non-hydrogen) atoms. The topological polar surface area (TPSA) is 66.3 Å². The maximum absolute atomic E-state index is 11.1. The lowest BCUT2D eigenvalue weighted by molar-refractivity contribution is 0.0699. The Morgan fingerprint density at radius 3 is 3.00 bits per heavy atom. The monoisotopic (exact) mass is 257 g/mol. The molecule has 98 valence electrons. The molecule has 3 rings (SSSR count). The molecule has 0 saturated carbocycles. The Hall–Kier alpha value is -2.17. The van der Waals surface area contributed by atoms with Crippen molar-refractivity contribution in [1.82, 2.24) is 9.97 Å². The standard InChI is InChI=1S/C14H15N3O2/c1-9-4-3-7-17(9)14-15-8-11-10(13(18)19)5-2-6-12(11)16-14/h2,5-6,8-9H,3-4,7H2,1H3,(H,18,19). The van der Waals surface area contributed by atoms with Gasteiger partial charge < -0.3 is 10.0 Å². The van der Waals surface area contributed by atoms with Crippen LogP contribution in [-0.4, -0.2) is 33.6 Å². The molecule has 1 saturated heterocycles. The van der Waals surface area contributed by atoms with Crippen LogP contribution in [0.25, 0.3) is 10.9 Å². The molecule has 1 N–H and O–H groups in total. The number of carboxylic acids is 1. The van der Waals surface area contributed by atoms with Crippen LogP contribution in [0.3, 0.4) is 0 Å². The van der Waals surface area contributed by atoms with Gasteiger partial charge in [0.15, 0.2) is 0 Å². The summed E-state index contributed by atoms with van der Waals surface area (Å²) in [7, 11) is 0. The van der Waals surface area contributed by atoms with E-state index in [1.807, 2.05) is 6.07 Å². The molecular formula is C14H15N3O2. The summed E-state index contributed by atoms with van der Waals surface area (Å²) in [6, 6.07) is 5.57. The fourth-order valence-corrected chi connectivity index (χ4v) is 2.60. The van der Waals surface area contributed by atoms with Gasteiger partial charge in [-0.25, -0.2) is 14.8 Å². The molecule has 1 aromatic heterocycles. The summed E-state index contributed by atoms with van der Waals surface area (Å²) in [6.45, 7) is 3.12. The molecule has 2 aromatic rings. The molecule has 1 aliphatic rings. The van der Waals surface area contributed by atoms with Crippen molar-refractivity contribution in [1.29, 1.82) is 0 Å². The Morgan fingerprint density at radius 2 is 2.32 bits per heavy atom. The van der Waals surface area contributed by atoms with Gasteiger partial charge in [0.05, 0.1) is 11.1 Å². The predicted molar refractivity (Wildman–Crippen MR) is 72.5 cm³/mol. The summed E-state index contributed by atoms with van der Waals surface area (Å²) in [4.78, 5) is 22.2. The van der Waals surface area contributed by atoms with E-state index in [9.17, 15) is 4.79 Å². The fraction of sp³-hybridized carbons (Fsp3) is 0.357. The minimum absolute atomic E-state index is 0.249. The van der Waals surface area contributed by atoms with Crippen molar-refractivity contribution in [2.45, 2.75) is 25.8 Å². The van der Waals surface area contributed by atoms with E-state index >= 15 is 0 Å². The molecule has 5 nitrogen and oxygen atoms in total. The third kappa shape index (κ3) is 2.01. The summed E-state index contributed by atoms with van der Waals surface area (Å²) in [5.41, 5.74) is 0.933. The summed E-state index contributed by atoms with van der Waals surface area (Å²) in [5.74, 6) is -0.253. The zero-order valence-electron chi connectivity index (χ0n) is 10.7. The average molecular weight is 257 g/mol. The maximum Gasteiger partial charge on any atom is 0.336 e. The lowest BCUT2D eigenvalue weighted by atomic mass is 10.1. The van der Waals surface area contributed by atoms with E-state index in [0.717, 1.165) is 19.4 Å². The van der Waals surface area contributed by atoms with E-state index in [4.69, 9.17) is 5.11 Å². The molecule has 0 bridgehead atoms. The van der Waals surface area contributed by atoms with Crippen LogP contribution in [0.2, 0.25) is 0 Å². The van der Waals surface area contributed by atoms with E-state index in [0.29, 0.717) is 22.9 Å². The first-order valence-corrected chi connectivity index (χ1v) is 6.42. The molecule has 0 amide bonds. The van der Waals surface area contributed by atoms with Crippen LogP contribution in [0.5, 0.6) is 0 Å². The average Bonchev–Trinajstić information content (AvgIpc) is 2.83. The van der Waals surface area contributed by atoms with Crippen molar-refractivity contribution in [2.24, 2.45) is 0 Å². The van der Waals surface area contributed by atoms with Crippen LogP contribution in [0.15, 0.2) is 24.4 Å². The van der Waals surface area contributed by atoms with Crippen molar-refractivity contribution < 1.29 is 9.90 Å². The Bertz CT molecular complexity index is 642. The SMILES string of the molecule is CC1CCCN1c1ncc2c(C(=O)O)cccc2n1. The molecular weight excluding hydrogens is 242 g/mol. The van der Waals surface area contributed by atoms with Crippen molar-refractivity contribution in [3.05, 3.63) is 30.0 Å². The summed E-state index contributed by atoms with van der Waals surface area (Å²) in [5, 5.41) is 9.73. The molecule has 0 aliphatic carbocycles. The number of hydrogen-bond donors (Lipinski definition) is 1. The fourth-order valence-electron chi connectivity index (χ4n) is 2.60. The molecule has 1 aliphatic heterocycles. The van der Waals surface area contributed by atoms with Crippen molar-refractivity contribution in [3.63, 3.8) is 0 Å². The van der Waals surface area contributed by atoms with Crippen LogP contribution < -0.4 is 4.90 Å². The van der Waals surface area contributed by atoms with Gasteiger partial charge in [-0.15, -0.1) is 0 Å². The van der Waals surface area contributed by atoms with Gasteiger partial charge in [0.2, 0.25) is 5.95 Å². The Labute approximate surface area is 110 Å². The van der Waals surface area contributed by atoms with Crippen LogP contribution in [0.1, 0.15) is 30.1 Å². The van der Waals surface area contributed by atoms with E-state index in [1.165, 1.54) is 0 Å². The van der Waals surface area contributed by atoms with E-state index in [-0.39, 0.29) is 5.56 Å². The van der Waals surface area contributed by atoms with Gasteiger partial charge in [-0.05, 0) is 31.9 Å². The maximum atomic E-state index is 11.1. The number of carboxylic acid groups (broad SMARTS) is 1. The Morgan fingerprint density at radius 1 is 1.47 bits per heavy atom. The van der Waals surface area contributed by atoms with Gasteiger partial charge in [-0.3, -0.25) is 0 Å². The minimum atomic E-state index is -0.948. The lowest BCUT2D eigenvalue weighted by Crippen LogP contribution is -2.28. The summed E-state index contributed by atoms with van der Waals surface area (Å²) >= 11 is 0. The number of benzene rings is 1. The quantitative estimate of drug-likeness (QED) is 0.894. The second kappa shape index (κ2) is 4.50. The third-order valence-corrected chi connectivity index (χ3v) is 3.65. The lowest BCUT2D eigenvalue weighted by Gasteiger charge is -2.21. The van der Waals surface area contributed by atoms with Crippen LogP contribution in [0, 0.1) is 0 Å². The van der Waals surface area contributed by atoms with E-state index < -0.39 is 5.97 Å². The van der Waals surface area contributed by atoms with Gasteiger partial charge in [-0.2, -0.15) is 0 Å². The highest BCUT2D eigenvalue weighted by molar-refractivity contribution is 6.02. The largest absolute Gasteiger partial charge is 0.478 e. The molecule has 1 fully saturated rings. The van der Waals surface area contributed by atoms with Gasteiger partial charge in [0.1, 0.15) is 0 Å². The molecule has 5 heteroatoms. The number of aromatic nitrogens is 2. The highest BCUT2D eigenvalue weighted by Crippen LogP contribution is 2.24. The molecule has 0 spiro atoms. The normalized spacial score (nSPS) is 19.0. The molecule has 1 aromatic carbocycles. The number of rotatable bonds is 2. The zero-order chi connectivity index (χ0) is 13.4. The first kappa shape index (κ1) is 11.9. The highest BCUT2D eigenvalue weighted by Gasteiger charge is 2.23. The van der Waals surface area contributed by atoms with Crippen molar-refractivity contribution in [3.8, 4) is 0 Å². The highest BCUT2D eigenvalue weighted by atomic mass is 16.4. The Balaban J connectivity index is 2.09. The number of anilines is 1. The number of hydrogen-bond acceptors (Lipinski definition) is 4. The van der Waals surface area contributed by atoms with Crippen molar-refractivity contribution in [2.75, 3.05) is 11.4 Å². The molecule has 1 atom stereocenters. The van der Waals surface area contributed by atoms with E-state index in [1.54, 1.807) is 18.3 Å². The first-order valence-electron chi connectivity index (χ1n) is 6.42. The van der Waals surface area contributed by atoms with E-state index in [2.05, 4.69) is 21.8 Å². The molecule has 0 radical (unpaired) electrons. The van der Waals surface area contributed by atoms with Crippen molar-refractivity contribution >= 4 is 22.8 Å². The molecule has 1 unspecified atom stereocenters. The van der Waals surface area contributed by atoms with Gasteiger partial charge in [0.25, 0.3) is 0 Å². The number of aromatic carboxylic acids is 1. The first-order chi connectivity index (χ1) is 9.16. The van der Waals surface area contributed by atoms with Crippen LogP contribution in [0.4, 0.5) is 5.95 Å². The van der Waals surface area contributed by atoms with Crippen LogP contribution >= 0.6 is 0 Å². The second-order valence-electron chi connectivity index (χ2n) is 4.90. The zero-order valence-corrected chi connectivity index (χ0v) is 10.7. The predicted octanol–water partition coefficient (Wildman–Crippen LogP) is 2.32. The van der Waals surface area contributed by atoms with Gasteiger partial charge >= 0.3 is 5.97 Å². The summed E-state index contributed by atoms with van der Waals surface area (Å²) < 4.78 is 0. The van der Waals surface area contributed by atoms with Crippen LogP contribution in [-0.2, 0) is 0 Å². The van der Waals surface area contributed by atoms with Gasteiger partial charge in [-0.1, -0.05) is 6.07 Å². The Kier molecular flexibility index (Phi) is 2.81. The molecule has 2 heterocycles. The number of carbonyl (C=O) groups is 1.